The maximum absolute atomic E-state index is 13.0. The zero-order valence-electron chi connectivity index (χ0n) is 18.4. The summed E-state index contributed by atoms with van der Waals surface area (Å²) in [6.07, 6.45) is 0.775. The lowest BCUT2D eigenvalue weighted by molar-refractivity contribution is 0.0734. The minimum absolute atomic E-state index is 0.115. The van der Waals surface area contributed by atoms with E-state index in [9.17, 15) is 13.2 Å². The molecule has 0 saturated carbocycles. The minimum atomic E-state index is -3.76. The summed E-state index contributed by atoms with van der Waals surface area (Å²) in [7, 11) is -2.13. The first-order chi connectivity index (χ1) is 15.3. The number of sulfonamides is 1. The summed E-state index contributed by atoms with van der Waals surface area (Å²) in [5.41, 5.74) is 5.18. The molecule has 1 N–H and O–H groups in total. The van der Waals surface area contributed by atoms with Crippen molar-refractivity contribution in [3.8, 4) is 5.75 Å². The first-order valence-corrected chi connectivity index (χ1v) is 11.9. The fourth-order valence-corrected chi connectivity index (χ4v) is 4.98. The van der Waals surface area contributed by atoms with Crippen molar-refractivity contribution in [2.24, 2.45) is 0 Å². The lowest BCUT2D eigenvalue weighted by atomic mass is 9.99. The number of rotatable bonds is 5. The van der Waals surface area contributed by atoms with Crippen LogP contribution in [0.1, 0.15) is 32.6 Å². The molecule has 166 valence electrons. The fourth-order valence-electron chi connectivity index (χ4n) is 3.86. The third-order valence-corrected chi connectivity index (χ3v) is 7.35. The summed E-state index contributed by atoms with van der Waals surface area (Å²) in [4.78, 5) is 14.9. The average molecular weight is 451 g/mol. The highest BCUT2D eigenvalue weighted by Gasteiger charge is 2.23. The number of carbonyl (C=O) groups is 1. The molecule has 3 aromatic carbocycles. The van der Waals surface area contributed by atoms with Crippen LogP contribution in [-0.2, 0) is 23.0 Å². The second-order valence-corrected chi connectivity index (χ2v) is 9.67. The third kappa shape index (κ3) is 4.34. The first-order valence-electron chi connectivity index (χ1n) is 10.4. The van der Waals surface area contributed by atoms with E-state index < -0.39 is 10.0 Å². The number of nitrogens with one attached hydrogen (secondary N) is 1. The lowest BCUT2D eigenvalue weighted by Gasteiger charge is -2.29. The number of ether oxygens (including phenoxy) is 1. The maximum Gasteiger partial charge on any atom is 0.261 e. The van der Waals surface area contributed by atoms with Gasteiger partial charge in [-0.2, -0.15) is 0 Å². The number of hydrogen-bond acceptors (Lipinski definition) is 4. The van der Waals surface area contributed by atoms with Crippen molar-refractivity contribution in [1.29, 1.82) is 0 Å². The molecule has 0 aliphatic carbocycles. The van der Waals surface area contributed by atoms with Gasteiger partial charge in [-0.05, 0) is 85.0 Å². The fraction of sp³-hybridized carbons (Fsp3) is 0.240. The predicted octanol–water partition coefficient (Wildman–Crippen LogP) is 4.31. The number of methoxy groups -OCH3 is 1. The Morgan fingerprint density at radius 3 is 2.47 bits per heavy atom. The van der Waals surface area contributed by atoms with E-state index in [1.807, 2.05) is 44.2 Å². The van der Waals surface area contributed by atoms with Crippen LogP contribution in [0.2, 0.25) is 0 Å². The zero-order chi connectivity index (χ0) is 22.9. The van der Waals surface area contributed by atoms with Crippen LogP contribution in [0.5, 0.6) is 5.75 Å². The largest absolute Gasteiger partial charge is 0.497 e. The molecule has 0 fully saturated rings. The molecule has 32 heavy (non-hydrogen) atoms. The Hall–Kier alpha value is -3.32. The quantitative estimate of drug-likeness (QED) is 0.628. The van der Waals surface area contributed by atoms with Crippen molar-refractivity contribution in [3.63, 3.8) is 0 Å². The molecule has 1 amide bonds. The number of aryl methyl sites for hydroxylation is 1. The molecule has 7 heteroatoms. The Morgan fingerprint density at radius 2 is 1.75 bits per heavy atom. The number of amides is 1. The van der Waals surface area contributed by atoms with Gasteiger partial charge in [-0.1, -0.05) is 18.2 Å². The van der Waals surface area contributed by atoms with E-state index in [0.29, 0.717) is 24.3 Å². The lowest BCUT2D eigenvalue weighted by Crippen LogP contribution is -2.36. The molecule has 4 rings (SSSR count). The van der Waals surface area contributed by atoms with E-state index in [2.05, 4.69) is 4.72 Å². The van der Waals surface area contributed by atoms with E-state index in [1.54, 1.807) is 30.2 Å². The van der Waals surface area contributed by atoms with Crippen molar-refractivity contribution in [2.45, 2.75) is 31.7 Å². The standard InChI is InChI=1S/C25H26N2O4S/c1-17-5-4-6-24(18(17)2)26-32(29,30)23-11-8-20(9-12-23)25(28)27-14-13-19-7-10-22(31-3)15-21(19)16-27/h4-12,15,26H,13-14,16H2,1-3H3. The second-order valence-electron chi connectivity index (χ2n) is 7.99. The smallest absolute Gasteiger partial charge is 0.261 e. The Morgan fingerprint density at radius 1 is 1.00 bits per heavy atom. The minimum Gasteiger partial charge on any atom is -0.497 e. The van der Waals surface area contributed by atoms with Crippen LogP contribution < -0.4 is 9.46 Å². The third-order valence-electron chi connectivity index (χ3n) is 5.97. The summed E-state index contributed by atoms with van der Waals surface area (Å²) >= 11 is 0. The van der Waals surface area contributed by atoms with Gasteiger partial charge in [0, 0.05) is 18.7 Å². The highest BCUT2D eigenvalue weighted by atomic mass is 32.2. The Kier molecular flexibility index (Phi) is 5.93. The molecular formula is C25H26N2O4S. The van der Waals surface area contributed by atoms with Gasteiger partial charge in [0.2, 0.25) is 0 Å². The Balaban J connectivity index is 1.50. The molecule has 0 aromatic heterocycles. The Bertz CT molecular complexity index is 1270. The normalized spacial score (nSPS) is 13.4. The number of carbonyl (C=O) groups excluding carboxylic acids is 1. The van der Waals surface area contributed by atoms with E-state index >= 15 is 0 Å². The van der Waals surface area contributed by atoms with Gasteiger partial charge in [-0.3, -0.25) is 9.52 Å². The molecule has 0 bridgehead atoms. The number of benzene rings is 3. The average Bonchev–Trinajstić information content (AvgIpc) is 2.80. The number of fused-ring (bicyclic) bond motifs is 1. The monoisotopic (exact) mass is 450 g/mol. The van der Waals surface area contributed by atoms with Crippen LogP contribution in [-0.4, -0.2) is 32.9 Å². The summed E-state index contributed by atoms with van der Waals surface area (Å²) in [6, 6.07) is 17.5. The van der Waals surface area contributed by atoms with Crippen molar-refractivity contribution in [3.05, 3.63) is 88.5 Å². The van der Waals surface area contributed by atoms with Crippen LogP contribution in [0.4, 0.5) is 5.69 Å². The SMILES string of the molecule is COc1ccc2c(c1)CN(C(=O)c1ccc(S(=O)(=O)Nc3cccc(C)c3C)cc1)CC2. The van der Waals surface area contributed by atoms with Crippen LogP contribution in [0.15, 0.2) is 65.6 Å². The number of anilines is 1. The predicted molar refractivity (Wildman–Crippen MR) is 125 cm³/mol. The van der Waals surface area contributed by atoms with Crippen molar-refractivity contribution >= 4 is 21.6 Å². The zero-order valence-corrected chi connectivity index (χ0v) is 19.2. The molecule has 0 saturated heterocycles. The highest BCUT2D eigenvalue weighted by Crippen LogP contribution is 2.26. The molecule has 1 heterocycles. The van der Waals surface area contributed by atoms with E-state index in [1.165, 1.54) is 17.7 Å². The highest BCUT2D eigenvalue weighted by molar-refractivity contribution is 7.92. The molecule has 6 nitrogen and oxygen atoms in total. The summed E-state index contributed by atoms with van der Waals surface area (Å²) in [6.45, 7) is 4.93. The van der Waals surface area contributed by atoms with Crippen LogP contribution >= 0.6 is 0 Å². The van der Waals surface area contributed by atoms with E-state index in [-0.39, 0.29) is 10.8 Å². The summed E-state index contributed by atoms with van der Waals surface area (Å²) in [5, 5.41) is 0. The van der Waals surface area contributed by atoms with Crippen molar-refractivity contribution in [2.75, 3.05) is 18.4 Å². The maximum atomic E-state index is 13.0. The van der Waals surface area contributed by atoms with Gasteiger partial charge >= 0.3 is 0 Å². The molecule has 3 aromatic rings. The Labute approximate surface area is 188 Å². The number of hydrogen-bond donors (Lipinski definition) is 1. The van der Waals surface area contributed by atoms with Gasteiger partial charge in [-0.15, -0.1) is 0 Å². The second kappa shape index (κ2) is 8.67. The number of nitrogens with zero attached hydrogens (tertiary/aromatic N) is 1. The van der Waals surface area contributed by atoms with Gasteiger partial charge in [0.1, 0.15) is 5.75 Å². The molecule has 0 unspecified atom stereocenters. The van der Waals surface area contributed by atoms with Crippen LogP contribution in [0, 0.1) is 13.8 Å². The van der Waals surface area contributed by atoms with Crippen molar-refractivity contribution in [1.82, 2.24) is 4.90 Å². The molecule has 1 aliphatic rings. The summed E-state index contributed by atoms with van der Waals surface area (Å²) in [5.74, 6) is 0.647. The van der Waals surface area contributed by atoms with Crippen LogP contribution in [0.25, 0.3) is 0 Å². The molecule has 0 spiro atoms. The van der Waals surface area contributed by atoms with Gasteiger partial charge in [0.05, 0.1) is 17.7 Å². The summed E-state index contributed by atoms with van der Waals surface area (Å²) < 4.78 is 33.6. The van der Waals surface area contributed by atoms with Gasteiger partial charge < -0.3 is 9.64 Å². The first kappa shape index (κ1) is 21.9. The molecule has 0 atom stereocenters. The molecule has 0 radical (unpaired) electrons. The molecular weight excluding hydrogens is 424 g/mol. The topological polar surface area (TPSA) is 75.7 Å². The van der Waals surface area contributed by atoms with Gasteiger partial charge in [0.15, 0.2) is 0 Å². The van der Waals surface area contributed by atoms with Crippen LogP contribution in [0.3, 0.4) is 0 Å². The molecule has 1 aliphatic heterocycles. The van der Waals surface area contributed by atoms with Crippen molar-refractivity contribution < 1.29 is 17.9 Å². The van der Waals surface area contributed by atoms with Gasteiger partial charge in [0.25, 0.3) is 15.9 Å². The van der Waals surface area contributed by atoms with E-state index in [4.69, 9.17) is 4.74 Å². The van der Waals surface area contributed by atoms with E-state index in [0.717, 1.165) is 28.9 Å². The van der Waals surface area contributed by atoms with Gasteiger partial charge in [-0.25, -0.2) is 8.42 Å².